The lowest BCUT2D eigenvalue weighted by Crippen LogP contribution is -2.34. The third kappa shape index (κ3) is 5.34. The van der Waals surface area contributed by atoms with E-state index in [-0.39, 0.29) is 12.1 Å². The van der Waals surface area contributed by atoms with Crippen LogP contribution in [0.2, 0.25) is 10.0 Å². The van der Waals surface area contributed by atoms with Crippen LogP contribution in [-0.2, 0) is 5.75 Å². The minimum Gasteiger partial charge on any atom is -0.336 e. The Morgan fingerprint density at radius 2 is 1.74 bits per heavy atom. The molecule has 2 amide bonds. The van der Waals surface area contributed by atoms with E-state index in [1.807, 2.05) is 56.3 Å². The van der Waals surface area contributed by atoms with Gasteiger partial charge < -0.3 is 10.6 Å². The smallest absolute Gasteiger partial charge is 0.319 e. The van der Waals surface area contributed by atoms with Gasteiger partial charge in [0.05, 0.1) is 5.69 Å². The standard InChI is InChI=1S/C17H18Cl2N2OS/c1-11(2)20-17(22)21-15-8-3-4-9-16(15)23-10-12-13(18)6-5-7-14(12)19/h3-9,11H,10H2,1-2H3,(H2,20,21,22). The molecule has 0 unspecified atom stereocenters. The Morgan fingerprint density at radius 3 is 2.39 bits per heavy atom. The average Bonchev–Trinajstić information content (AvgIpc) is 2.47. The monoisotopic (exact) mass is 368 g/mol. The van der Waals surface area contributed by atoms with Crippen LogP contribution < -0.4 is 10.6 Å². The molecule has 0 aliphatic heterocycles. The highest BCUT2D eigenvalue weighted by atomic mass is 35.5. The topological polar surface area (TPSA) is 41.1 Å². The molecule has 0 atom stereocenters. The van der Waals surface area contributed by atoms with Crippen molar-refractivity contribution in [2.75, 3.05) is 5.32 Å². The predicted octanol–water partition coefficient (Wildman–Crippen LogP) is 5.82. The van der Waals surface area contributed by atoms with Crippen molar-refractivity contribution in [1.82, 2.24) is 5.32 Å². The fraction of sp³-hybridized carbons (Fsp3) is 0.235. The minimum atomic E-state index is -0.219. The lowest BCUT2D eigenvalue weighted by molar-refractivity contribution is 0.250. The summed E-state index contributed by atoms with van der Waals surface area (Å²) in [5, 5.41) is 6.97. The summed E-state index contributed by atoms with van der Waals surface area (Å²) in [6.45, 7) is 3.83. The maximum atomic E-state index is 11.9. The lowest BCUT2D eigenvalue weighted by atomic mass is 10.2. The number of hydrogen-bond donors (Lipinski definition) is 2. The summed E-state index contributed by atoms with van der Waals surface area (Å²) in [5.41, 5.74) is 1.65. The zero-order chi connectivity index (χ0) is 16.8. The summed E-state index contributed by atoms with van der Waals surface area (Å²) < 4.78 is 0. The van der Waals surface area contributed by atoms with Crippen molar-refractivity contribution in [1.29, 1.82) is 0 Å². The highest BCUT2D eigenvalue weighted by molar-refractivity contribution is 7.98. The van der Waals surface area contributed by atoms with Crippen LogP contribution in [0.4, 0.5) is 10.5 Å². The van der Waals surface area contributed by atoms with Crippen molar-refractivity contribution >= 4 is 46.7 Å². The van der Waals surface area contributed by atoms with E-state index in [0.717, 1.165) is 16.1 Å². The van der Waals surface area contributed by atoms with E-state index in [0.29, 0.717) is 15.8 Å². The quantitative estimate of drug-likeness (QED) is 0.653. The van der Waals surface area contributed by atoms with Gasteiger partial charge in [-0.25, -0.2) is 4.79 Å². The van der Waals surface area contributed by atoms with Gasteiger partial charge in [-0.1, -0.05) is 41.4 Å². The van der Waals surface area contributed by atoms with E-state index in [9.17, 15) is 4.79 Å². The Balaban J connectivity index is 2.10. The molecule has 0 saturated carbocycles. The Morgan fingerprint density at radius 1 is 1.09 bits per heavy atom. The van der Waals surface area contributed by atoms with Gasteiger partial charge in [0.25, 0.3) is 0 Å². The first kappa shape index (κ1) is 18.0. The number of para-hydroxylation sites is 1. The molecule has 0 aromatic heterocycles. The van der Waals surface area contributed by atoms with Crippen LogP contribution in [0.15, 0.2) is 47.4 Å². The fourth-order valence-electron chi connectivity index (χ4n) is 1.94. The normalized spacial score (nSPS) is 10.7. The Bertz CT molecular complexity index is 672. The second-order valence-corrected chi connectivity index (χ2v) is 7.07. The van der Waals surface area contributed by atoms with Gasteiger partial charge in [0, 0.05) is 26.7 Å². The Labute approximate surface area is 150 Å². The summed E-state index contributed by atoms with van der Waals surface area (Å²) in [4.78, 5) is 12.8. The second kappa shape index (κ2) is 8.48. The summed E-state index contributed by atoms with van der Waals surface area (Å²) in [6, 6.07) is 13.0. The number of benzene rings is 2. The number of anilines is 1. The molecule has 0 heterocycles. The summed E-state index contributed by atoms with van der Waals surface area (Å²) in [7, 11) is 0. The molecule has 2 N–H and O–H groups in total. The van der Waals surface area contributed by atoms with E-state index in [2.05, 4.69) is 10.6 Å². The summed E-state index contributed by atoms with van der Waals surface area (Å²) >= 11 is 14.0. The maximum Gasteiger partial charge on any atom is 0.319 e. The Hall–Kier alpha value is -1.36. The number of carbonyl (C=O) groups is 1. The number of hydrogen-bond acceptors (Lipinski definition) is 2. The average molecular weight is 369 g/mol. The molecule has 2 rings (SSSR count). The molecule has 122 valence electrons. The molecule has 0 aliphatic carbocycles. The van der Waals surface area contributed by atoms with Crippen LogP contribution in [0.25, 0.3) is 0 Å². The number of halogens is 2. The molecular weight excluding hydrogens is 351 g/mol. The van der Waals surface area contributed by atoms with E-state index >= 15 is 0 Å². The molecule has 3 nitrogen and oxygen atoms in total. The zero-order valence-corrected chi connectivity index (χ0v) is 15.2. The first-order chi connectivity index (χ1) is 11.0. The number of amides is 2. The molecule has 0 aliphatic rings. The SMILES string of the molecule is CC(C)NC(=O)Nc1ccccc1SCc1c(Cl)cccc1Cl. The van der Waals surface area contributed by atoms with Crippen LogP contribution in [0, 0.1) is 0 Å². The van der Waals surface area contributed by atoms with Crippen LogP contribution >= 0.6 is 35.0 Å². The second-order valence-electron chi connectivity index (χ2n) is 5.24. The fourth-order valence-corrected chi connectivity index (χ4v) is 3.69. The lowest BCUT2D eigenvalue weighted by Gasteiger charge is -2.14. The highest BCUT2D eigenvalue weighted by Crippen LogP contribution is 2.34. The summed E-state index contributed by atoms with van der Waals surface area (Å²) in [6.07, 6.45) is 0. The van der Waals surface area contributed by atoms with Crippen molar-refractivity contribution < 1.29 is 4.79 Å². The third-order valence-electron chi connectivity index (χ3n) is 2.99. The van der Waals surface area contributed by atoms with Gasteiger partial charge in [-0.3, -0.25) is 0 Å². The van der Waals surface area contributed by atoms with Crippen molar-refractivity contribution in [2.45, 2.75) is 30.5 Å². The molecule has 2 aromatic carbocycles. The molecule has 0 saturated heterocycles. The Kier molecular flexibility index (Phi) is 6.63. The molecular formula is C17H18Cl2N2OS. The number of carbonyl (C=O) groups excluding carboxylic acids is 1. The molecule has 2 aromatic rings. The minimum absolute atomic E-state index is 0.0803. The van der Waals surface area contributed by atoms with Gasteiger partial charge in [-0.05, 0) is 43.7 Å². The third-order valence-corrected chi connectivity index (χ3v) is 4.80. The van der Waals surface area contributed by atoms with E-state index in [4.69, 9.17) is 23.2 Å². The van der Waals surface area contributed by atoms with Gasteiger partial charge in [-0.2, -0.15) is 0 Å². The van der Waals surface area contributed by atoms with Crippen LogP contribution in [0.1, 0.15) is 19.4 Å². The van der Waals surface area contributed by atoms with Crippen molar-refractivity contribution in [2.24, 2.45) is 0 Å². The molecule has 0 radical (unpaired) electrons. The van der Waals surface area contributed by atoms with Crippen LogP contribution in [-0.4, -0.2) is 12.1 Å². The van der Waals surface area contributed by atoms with Gasteiger partial charge in [0.15, 0.2) is 0 Å². The largest absolute Gasteiger partial charge is 0.336 e. The molecule has 0 fully saturated rings. The molecule has 0 bridgehead atoms. The van der Waals surface area contributed by atoms with Crippen molar-refractivity contribution in [3.8, 4) is 0 Å². The first-order valence-electron chi connectivity index (χ1n) is 7.19. The number of nitrogens with one attached hydrogen (secondary N) is 2. The number of urea groups is 1. The molecule has 23 heavy (non-hydrogen) atoms. The summed E-state index contributed by atoms with van der Waals surface area (Å²) in [5.74, 6) is 0.628. The van der Waals surface area contributed by atoms with Gasteiger partial charge in [0.2, 0.25) is 0 Å². The van der Waals surface area contributed by atoms with Crippen molar-refractivity contribution in [3.63, 3.8) is 0 Å². The van der Waals surface area contributed by atoms with Gasteiger partial charge in [0.1, 0.15) is 0 Å². The molecule has 6 heteroatoms. The first-order valence-corrected chi connectivity index (χ1v) is 8.93. The van der Waals surface area contributed by atoms with Gasteiger partial charge >= 0.3 is 6.03 Å². The zero-order valence-electron chi connectivity index (χ0n) is 12.9. The maximum absolute atomic E-state index is 11.9. The van der Waals surface area contributed by atoms with E-state index < -0.39 is 0 Å². The van der Waals surface area contributed by atoms with Gasteiger partial charge in [-0.15, -0.1) is 11.8 Å². The number of thioether (sulfide) groups is 1. The van der Waals surface area contributed by atoms with Crippen molar-refractivity contribution in [3.05, 3.63) is 58.1 Å². The number of rotatable bonds is 5. The molecule has 0 spiro atoms. The van der Waals surface area contributed by atoms with Crippen LogP contribution in [0.5, 0.6) is 0 Å². The van der Waals surface area contributed by atoms with E-state index in [1.165, 1.54) is 0 Å². The highest BCUT2D eigenvalue weighted by Gasteiger charge is 2.10. The van der Waals surface area contributed by atoms with Crippen LogP contribution in [0.3, 0.4) is 0 Å². The van der Waals surface area contributed by atoms with E-state index in [1.54, 1.807) is 11.8 Å². The predicted molar refractivity (Wildman–Crippen MR) is 99.8 cm³/mol.